The number of rotatable bonds is 2. The maximum atomic E-state index is 13.8. The predicted molar refractivity (Wildman–Crippen MR) is 68.8 cm³/mol. The molecule has 1 saturated heterocycles. The topological polar surface area (TPSA) is 33.1 Å². The molecule has 18 heavy (non-hydrogen) atoms. The maximum Gasteiger partial charge on any atom is 0.149 e. The van der Waals surface area contributed by atoms with E-state index in [4.69, 9.17) is 0 Å². The van der Waals surface area contributed by atoms with Crippen LogP contribution in [-0.4, -0.2) is 40.6 Å². The SMILES string of the molecule is Cn1c(CN2CCNCC2)nc2cccc(F)c21. The van der Waals surface area contributed by atoms with E-state index in [1.807, 2.05) is 17.7 Å². The molecule has 1 aliphatic rings. The Morgan fingerprint density at radius 3 is 2.83 bits per heavy atom. The first-order chi connectivity index (χ1) is 8.75. The average Bonchev–Trinajstić information content (AvgIpc) is 2.69. The van der Waals surface area contributed by atoms with Gasteiger partial charge in [0.1, 0.15) is 17.2 Å². The molecule has 96 valence electrons. The van der Waals surface area contributed by atoms with Crippen LogP contribution in [-0.2, 0) is 13.6 Å². The van der Waals surface area contributed by atoms with Crippen LogP contribution in [0.4, 0.5) is 4.39 Å². The Balaban J connectivity index is 1.92. The van der Waals surface area contributed by atoms with Gasteiger partial charge in [-0.1, -0.05) is 6.07 Å². The molecule has 0 bridgehead atoms. The molecule has 0 amide bonds. The smallest absolute Gasteiger partial charge is 0.149 e. The summed E-state index contributed by atoms with van der Waals surface area (Å²) in [6.45, 7) is 4.85. The zero-order chi connectivity index (χ0) is 12.5. The van der Waals surface area contributed by atoms with Gasteiger partial charge in [0.15, 0.2) is 0 Å². The van der Waals surface area contributed by atoms with Crippen LogP contribution in [0.5, 0.6) is 0 Å². The van der Waals surface area contributed by atoms with E-state index < -0.39 is 0 Å². The van der Waals surface area contributed by atoms with Gasteiger partial charge in [0.05, 0.1) is 12.1 Å². The highest BCUT2D eigenvalue weighted by molar-refractivity contribution is 5.76. The number of fused-ring (bicyclic) bond motifs is 1. The van der Waals surface area contributed by atoms with Crippen molar-refractivity contribution < 1.29 is 4.39 Å². The molecule has 1 aromatic heterocycles. The summed E-state index contributed by atoms with van der Waals surface area (Å²) in [5, 5.41) is 3.32. The minimum atomic E-state index is -0.200. The number of nitrogens with zero attached hydrogens (tertiary/aromatic N) is 3. The van der Waals surface area contributed by atoms with Gasteiger partial charge in [0.25, 0.3) is 0 Å². The quantitative estimate of drug-likeness (QED) is 0.864. The number of aromatic nitrogens is 2. The van der Waals surface area contributed by atoms with Gasteiger partial charge in [0.2, 0.25) is 0 Å². The lowest BCUT2D eigenvalue weighted by atomic mass is 10.3. The normalized spacial score (nSPS) is 17.4. The monoisotopic (exact) mass is 248 g/mol. The molecule has 0 radical (unpaired) electrons. The largest absolute Gasteiger partial charge is 0.328 e. The van der Waals surface area contributed by atoms with Crippen LogP contribution in [0.3, 0.4) is 0 Å². The van der Waals surface area contributed by atoms with Gasteiger partial charge in [-0.3, -0.25) is 4.90 Å². The van der Waals surface area contributed by atoms with Crippen LogP contribution in [0.1, 0.15) is 5.82 Å². The van der Waals surface area contributed by atoms with Gasteiger partial charge < -0.3 is 9.88 Å². The predicted octanol–water partition coefficient (Wildman–Crippen LogP) is 1.12. The molecule has 2 heterocycles. The summed E-state index contributed by atoms with van der Waals surface area (Å²) < 4.78 is 15.6. The summed E-state index contributed by atoms with van der Waals surface area (Å²) in [5.41, 5.74) is 1.34. The second-order valence-corrected chi connectivity index (χ2v) is 4.72. The van der Waals surface area contributed by atoms with Crippen LogP contribution in [0, 0.1) is 5.82 Å². The average molecular weight is 248 g/mol. The van der Waals surface area contributed by atoms with E-state index in [1.54, 1.807) is 6.07 Å². The van der Waals surface area contributed by atoms with Crippen molar-refractivity contribution in [3.05, 3.63) is 29.8 Å². The first-order valence-electron chi connectivity index (χ1n) is 6.28. The third kappa shape index (κ3) is 2.00. The van der Waals surface area contributed by atoms with Crippen molar-refractivity contribution in [2.24, 2.45) is 7.05 Å². The summed E-state index contributed by atoms with van der Waals surface area (Å²) in [6, 6.07) is 5.05. The van der Waals surface area contributed by atoms with Crippen LogP contribution in [0.15, 0.2) is 18.2 Å². The molecule has 3 rings (SSSR count). The van der Waals surface area contributed by atoms with Crippen LogP contribution < -0.4 is 5.32 Å². The highest BCUT2D eigenvalue weighted by Crippen LogP contribution is 2.19. The fourth-order valence-corrected chi connectivity index (χ4v) is 2.48. The van der Waals surface area contributed by atoms with E-state index in [0.717, 1.165) is 44.1 Å². The molecule has 0 atom stereocenters. The lowest BCUT2D eigenvalue weighted by Gasteiger charge is -2.26. The van der Waals surface area contributed by atoms with Gasteiger partial charge in [-0.15, -0.1) is 0 Å². The van der Waals surface area contributed by atoms with Crippen molar-refractivity contribution in [1.82, 2.24) is 19.8 Å². The first kappa shape index (κ1) is 11.6. The number of imidazole rings is 1. The maximum absolute atomic E-state index is 13.8. The number of aryl methyl sites for hydroxylation is 1. The van der Waals surface area contributed by atoms with Crippen LogP contribution >= 0.6 is 0 Å². The number of nitrogens with one attached hydrogen (secondary N) is 1. The van der Waals surface area contributed by atoms with Crippen LogP contribution in [0.2, 0.25) is 0 Å². The molecular formula is C13H17FN4. The molecule has 1 aliphatic heterocycles. The number of hydrogen-bond donors (Lipinski definition) is 1. The number of hydrogen-bond acceptors (Lipinski definition) is 3. The summed E-state index contributed by atoms with van der Waals surface area (Å²) in [7, 11) is 1.88. The summed E-state index contributed by atoms with van der Waals surface area (Å²) in [4.78, 5) is 6.87. The van der Waals surface area contributed by atoms with Gasteiger partial charge in [-0.2, -0.15) is 0 Å². The summed E-state index contributed by atoms with van der Waals surface area (Å²) >= 11 is 0. The third-order valence-electron chi connectivity index (χ3n) is 3.51. The van der Waals surface area contributed by atoms with Gasteiger partial charge >= 0.3 is 0 Å². The van der Waals surface area contributed by atoms with E-state index in [2.05, 4.69) is 15.2 Å². The fourth-order valence-electron chi connectivity index (χ4n) is 2.48. The van der Waals surface area contributed by atoms with Gasteiger partial charge in [-0.05, 0) is 12.1 Å². The highest BCUT2D eigenvalue weighted by atomic mass is 19.1. The molecule has 0 unspecified atom stereocenters. The molecular weight excluding hydrogens is 231 g/mol. The zero-order valence-corrected chi connectivity index (χ0v) is 10.5. The molecule has 4 nitrogen and oxygen atoms in total. The van der Waals surface area contributed by atoms with E-state index in [0.29, 0.717) is 5.52 Å². The van der Waals surface area contributed by atoms with Crippen molar-refractivity contribution in [1.29, 1.82) is 0 Å². The second-order valence-electron chi connectivity index (χ2n) is 4.72. The number of halogens is 1. The number of para-hydroxylation sites is 1. The van der Waals surface area contributed by atoms with Crippen molar-refractivity contribution in [3.8, 4) is 0 Å². The Labute approximate surface area is 105 Å². The Hall–Kier alpha value is -1.46. The molecule has 5 heteroatoms. The number of benzene rings is 1. The number of piperazine rings is 1. The Morgan fingerprint density at radius 1 is 1.33 bits per heavy atom. The summed E-state index contributed by atoms with van der Waals surface area (Å²) in [5.74, 6) is 0.728. The molecule has 0 saturated carbocycles. The van der Waals surface area contributed by atoms with E-state index >= 15 is 0 Å². The van der Waals surface area contributed by atoms with E-state index in [9.17, 15) is 4.39 Å². The second kappa shape index (κ2) is 4.66. The highest BCUT2D eigenvalue weighted by Gasteiger charge is 2.15. The van der Waals surface area contributed by atoms with Crippen LogP contribution in [0.25, 0.3) is 11.0 Å². The molecule has 0 spiro atoms. The van der Waals surface area contributed by atoms with Crippen molar-refractivity contribution >= 4 is 11.0 Å². The standard InChI is InChI=1S/C13H17FN4/c1-17-12(9-18-7-5-15-6-8-18)16-11-4-2-3-10(14)13(11)17/h2-4,15H,5-9H2,1H3. The summed E-state index contributed by atoms with van der Waals surface area (Å²) in [6.07, 6.45) is 0. The minimum absolute atomic E-state index is 0.200. The lowest BCUT2D eigenvalue weighted by molar-refractivity contribution is 0.226. The Bertz CT molecular complexity index is 557. The third-order valence-corrected chi connectivity index (χ3v) is 3.51. The van der Waals surface area contributed by atoms with Crippen molar-refractivity contribution in [2.45, 2.75) is 6.54 Å². The fraction of sp³-hybridized carbons (Fsp3) is 0.462. The lowest BCUT2D eigenvalue weighted by Crippen LogP contribution is -2.43. The van der Waals surface area contributed by atoms with Crippen molar-refractivity contribution in [3.63, 3.8) is 0 Å². The minimum Gasteiger partial charge on any atom is -0.328 e. The first-order valence-corrected chi connectivity index (χ1v) is 6.28. The molecule has 1 aromatic carbocycles. The molecule has 0 aliphatic carbocycles. The molecule has 1 N–H and O–H groups in total. The van der Waals surface area contributed by atoms with Gasteiger partial charge in [0, 0.05) is 33.2 Å². The Morgan fingerprint density at radius 2 is 2.11 bits per heavy atom. The Kier molecular flexibility index (Phi) is 3.01. The molecule has 2 aromatic rings. The van der Waals surface area contributed by atoms with Crippen molar-refractivity contribution in [2.75, 3.05) is 26.2 Å². The van der Waals surface area contributed by atoms with E-state index in [-0.39, 0.29) is 5.82 Å². The van der Waals surface area contributed by atoms with Gasteiger partial charge in [-0.25, -0.2) is 9.37 Å². The molecule has 1 fully saturated rings. The van der Waals surface area contributed by atoms with E-state index in [1.165, 1.54) is 6.07 Å². The zero-order valence-electron chi connectivity index (χ0n) is 10.5.